The summed E-state index contributed by atoms with van der Waals surface area (Å²) < 4.78 is 5.75. The van der Waals surface area contributed by atoms with Crippen molar-refractivity contribution in [1.29, 1.82) is 0 Å². The highest BCUT2D eigenvalue weighted by Gasteiger charge is 2.27. The third kappa shape index (κ3) is 5.52. The molecule has 2 saturated heterocycles. The van der Waals surface area contributed by atoms with E-state index in [1.807, 2.05) is 6.07 Å². The first-order valence-electron chi connectivity index (χ1n) is 11.4. The predicted molar refractivity (Wildman–Crippen MR) is 118 cm³/mol. The van der Waals surface area contributed by atoms with Crippen molar-refractivity contribution in [1.82, 2.24) is 9.80 Å². The average Bonchev–Trinajstić information content (AvgIpc) is 3.31. The lowest BCUT2D eigenvalue weighted by Gasteiger charge is -2.41. The van der Waals surface area contributed by atoms with Crippen LogP contribution in [0.5, 0.6) is 0 Å². The minimum absolute atomic E-state index is 0.190. The highest BCUT2D eigenvalue weighted by atomic mass is 16.5. The molecule has 1 unspecified atom stereocenters. The zero-order valence-corrected chi connectivity index (χ0v) is 17.8. The van der Waals surface area contributed by atoms with E-state index < -0.39 is 5.97 Å². The summed E-state index contributed by atoms with van der Waals surface area (Å²) in [7, 11) is 0. The van der Waals surface area contributed by atoms with Gasteiger partial charge in [-0.3, -0.25) is 9.89 Å². The molecule has 0 spiro atoms. The minimum Gasteiger partial charge on any atom is -0.478 e. The molecule has 4 rings (SSSR count). The van der Waals surface area contributed by atoms with Crippen LogP contribution >= 0.6 is 0 Å². The SMILES string of the molecule is O=C(O)c1cccc(NC(=NCC2CCCO2)N2CCN(C3CCCCC3)CC2)c1. The van der Waals surface area contributed by atoms with Crippen LogP contribution in [0, 0.1) is 0 Å². The number of carboxylic acids is 1. The summed E-state index contributed by atoms with van der Waals surface area (Å²) >= 11 is 0. The minimum atomic E-state index is -0.919. The van der Waals surface area contributed by atoms with Crippen LogP contribution in [0.3, 0.4) is 0 Å². The maximum Gasteiger partial charge on any atom is 0.335 e. The molecule has 2 N–H and O–H groups in total. The summed E-state index contributed by atoms with van der Waals surface area (Å²) in [5, 5.41) is 12.7. The van der Waals surface area contributed by atoms with Crippen molar-refractivity contribution in [3.05, 3.63) is 29.8 Å². The first kappa shape index (κ1) is 21.1. The summed E-state index contributed by atoms with van der Waals surface area (Å²) in [5.41, 5.74) is 1.04. The number of guanidine groups is 1. The standard InChI is InChI=1S/C23H34N4O3/c28-22(29)18-6-4-7-19(16-18)25-23(24-17-21-10-5-15-30-21)27-13-11-26(12-14-27)20-8-2-1-3-9-20/h4,6-7,16,20-21H,1-3,5,8-15,17H2,(H,24,25)(H,28,29). The maximum atomic E-state index is 11.3. The zero-order valence-electron chi connectivity index (χ0n) is 17.8. The van der Waals surface area contributed by atoms with Crippen LogP contribution in [0.4, 0.5) is 5.69 Å². The Morgan fingerprint density at radius 3 is 2.60 bits per heavy atom. The first-order valence-corrected chi connectivity index (χ1v) is 11.4. The Kier molecular flexibility index (Phi) is 7.23. The lowest BCUT2D eigenvalue weighted by molar-refractivity contribution is 0.0697. The highest BCUT2D eigenvalue weighted by Crippen LogP contribution is 2.24. The number of carboxylic acid groups (broad SMARTS) is 1. The summed E-state index contributed by atoms with van der Waals surface area (Å²) in [6, 6.07) is 7.69. The third-order valence-corrected chi connectivity index (χ3v) is 6.54. The molecule has 1 aromatic carbocycles. The molecule has 3 aliphatic rings. The van der Waals surface area contributed by atoms with E-state index >= 15 is 0 Å². The van der Waals surface area contributed by atoms with Crippen LogP contribution in [-0.4, -0.2) is 78.3 Å². The molecule has 0 bridgehead atoms. The van der Waals surface area contributed by atoms with Gasteiger partial charge in [-0.1, -0.05) is 25.3 Å². The van der Waals surface area contributed by atoms with Crippen molar-refractivity contribution < 1.29 is 14.6 Å². The summed E-state index contributed by atoms with van der Waals surface area (Å²) in [5.74, 6) is -0.0890. The van der Waals surface area contributed by atoms with Crippen molar-refractivity contribution >= 4 is 17.6 Å². The molecule has 1 saturated carbocycles. The van der Waals surface area contributed by atoms with Crippen LogP contribution in [-0.2, 0) is 4.74 Å². The molecule has 0 aromatic heterocycles. The molecule has 3 fully saturated rings. The molecule has 7 heteroatoms. The Hall–Kier alpha value is -2.12. The second-order valence-corrected chi connectivity index (χ2v) is 8.63. The Morgan fingerprint density at radius 1 is 1.10 bits per heavy atom. The predicted octanol–water partition coefficient (Wildman–Crippen LogP) is 3.28. The van der Waals surface area contributed by atoms with Gasteiger partial charge in [0.05, 0.1) is 18.2 Å². The van der Waals surface area contributed by atoms with Crippen molar-refractivity contribution in [3.8, 4) is 0 Å². The summed E-state index contributed by atoms with van der Waals surface area (Å²) in [6.45, 7) is 5.45. The molecule has 1 atom stereocenters. The molecular weight excluding hydrogens is 380 g/mol. The van der Waals surface area contributed by atoms with E-state index in [9.17, 15) is 9.90 Å². The van der Waals surface area contributed by atoms with Crippen LogP contribution in [0.15, 0.2) is 29.3 Å². The topological polar surface area (TPSA) is 77.4 Å². The average molecular weight is 415 g/mol. The van der Waals surface area contributed by atoms with Crippen molar-refractivity contribution in [2.24, 2.45) is 4.99 Å². The summed E-state index contributed by atoms with van der Waals surface area (Å²) in [6.07, 6.45) is 9.12. The molecule has 1 aromatic rings. The quantitative estimate of drug-likeness (QED) is 0.569. The van der Waals surface area contributed by atoms with Crippen molar-refractivity contribution in [2.75, 3.05) is 44.6 Å². The van der Waals surface area contributed by atoms with Gasteiger partial charge in [0.15, 0.2) is 5.96 Å². The molecule has 7 nitrogen and oxygen atoms in total. The van der Waals surface area contributed by atoms with E-state index in [1.165, 1.54) is 32.1 Å². The second kappa shape index (κ2) is 10.3. The number of carbonyl (C=O) groups is 1. The monoisotopic (exact) mass is 414 g/mol. The van der Waals surface area contributed by atoms with Gasteiger partial charge >= 0.3 is 5.97 Å². The van der Waals surface area contributed by atoms with E-state index in [1.54, 1.807) is 18.2 Å². The molecule has 164 valence electrons. The van der Waals surface area contributed by atoms with Gasteiger partial charge < -0.3 is 20.1 Å². The number of anilines is 1. The van der Waals surface area contributed by atoms with Crippen molar-refractivity contribution in [3.63, 3.8) is 0 Å². The number of aliphatic imine (C=N–C) groups is 1. The van der Waals surface area contributed by atoms with E-state index in [4.69, 9.17) is 9.73 Å². The number of hydrogen-bond acceptors (Lipinski definition) is 4. The fourth-order valence-corrected chi connectivity index (χ4v) is 4.80. The lowest BCUT2D eigenvalue weighted by Crippen LogP contribution is -2.53. The Bertz CT molecular complexity index is 734. The van der Waals surface area contributed by atoms with E-state index in [-0.39, 0.29) is 11.7 Å². The third-order valence-electron chi connectivity index (χ3n) is 6.54. The highest BCUT2D eigenvalue weighted by molar-refractivity contribution is 5.95. The number of nitrogens with one attached hydrogen (secondary N) is 1. The van der Waals surface area contributed by atoms with Gasteiger partial charge in [-0.2, -0.15) is 0 Å². The van der Waals surface area contributed by atoms with Crippen LogP contribution in [0.2, 0.25) is 0 Å². The number of ether oxygens (including phenoxy) is 1. The van der Waals surface area contributed by atoms with Gasteiger partial charge in [0, 0.05) is 44.5 Å². The smallest absolute Gasteiger partial charge is 0.335 e. The second-order valence-electron chi connectivity index (χ2n) is 8.63. The fraction of sp³-hybridized carbons (Fsp3) is 0.652. The molecule has 0 radical (unpaired) electrons. The number of aromatic carboxylic acids is 1. The molecule has 2 aliphatic heterocycles. The van der Waals surface area contributed by atoms with Gasteiger partial charge in [-0.25, -0.2) is 4.79 Å². The summed E-state index contributed by atoms with van der Waals surface area (Å²) in [4.78, 5) is 21.2. The number of rotatable bonds is 5. The fourth-order valence-electron chi connectivity index (χ4n) is 4.80. The molecular formula is C23H34N4O3. The number of benzene rings is 1. The normalized spacial score (nSPS) is 24.2. The van der Waals surface area contributed by atoms with Gasteiger partial charge in [-0.05, 0) is 43.9 Å². The number of hydrogen-bond donors (Lipinski definition) is 2. The molecule has 2 heterocycles. The molecule has 30 heavy (non-hydrogen) atoms. The molecule has 1 aliphatic carbocycles. The van der Waals surface area contributed by atoms with Crippen molar-refractivity contribution in [2.45, 2.75) is 57.1 Å². The Morgan fingerprint density at radius 2 is 1.90 bits per heavy atom. The van der Waals surface area contributed by atoms with Gasteiger partial charge in [0.1, 0.15) is 0 Å². The maximum absolute atomic E-state index is 11.3. The number of piperazine rings is 1. The van der Waals surface area contributed by atoms with E-state index in [0.29, 0.717) is 6.54 Å². The van der Waals surface area contributed by atoms with Crippen LogP contribution in [0.1, 0.15) is 55.3 Å². The van der Waals surface area contributed by atoms with E-state index in [0.717, 1.165) is 63.3 Å². The zero-order chi connectivity index (χ0) is 20.8. The Balaban J connectivity index is 1.43. The van der Waals surface area contributed by atoms with Crippen LogP contribution < -0.4 is 5.32 Å². The van der Waals surface area contributed by atoms with Gasteiger partial charge in [0.2, 0.25) is 0 Å². The van der Waals surface area contributed by atoms with Crippen LogP contribution in [0.25, 0.3) is 0 Å². The van der Waals surface area contributed by atoms with Gasteiger partial charge in [-0.15, -0.1) is 0 Å². The first-order chi connectivity index (χ1) is 14.7. The number of nitrogens with zero attached hydrogens (tertiary/aromatic N) is 3. The molecule has 0 amide bonds. The van der Waals surface area contributed by atoms with E-state index in [2.05, 4.69) is 15.1 Å². The Labute approximate surface area is 179 Å². The van der Waals surface area contributed by atoms with Gasteiger partial charge in [0.25, 0.3) is 0 Å². The lowest BCUT2D eigenvalue weighted by atomic mass is 9.94. The largest absolute Gasteiger partial charge is 0.478 e.